The van der Waals surface area contributed by atoms with Crippen LogP contribution < -0.4 is 10.2 Å². The number of phenolic OH excluding ortho intramolecular Hbond substituents is 1. The highest BCUT2D eigenvalue weighted by Crippen LogP contribution is 2.43. The van der Waals surface area contributed by atoms with Gasteiger partial charge >= 0.3 is 0 Å². The molecule has 3 aliphatic rings. The molecule has 0 spiro atoms. The van der Waals surface area contributed by atoms with Gasteiger partial charge in [0.2, 0.25) is 5.95 Å². The van der Waals surface area contributed by atoms with Crippen LogP contribution in [0.5, 0.6) is 5.75 Å². The van der Waals surface area contributed by atoms with E-state index in [0.29, 0.717) is 23.5 Å². The first kappa shape index (κ1) is 18.6. The van der Waals surface area contributed by atoms with Crippen LogP contribution in [0.25, 0.3) is 11.3 Å². The van der Waals surface area contributed by atoms with Crippen LogP contribution in [0.3, 0.4) is 0 Å². The van der Waals surface area contributed by atoms with Crippen molar-refractivity contribution in [3.63, 3.8) is 0 Å². The second-order valence-corrected chi connectivity index (χ2v) is 8.45. The molecule has 3 heterocycles. The second-order valence-electron chi connectivity index (χ2n) is 8.45. The molecule has 2 aliphatic heterocycles. The van der Waals surface area contributed by atoms with Crippen molar-refractivity contribution in [2.45, 2.75) is 51.0 Å². The largest absolute Gasteiger partial charge is 0.505 e. The van der Waals surface area contributed by atoms with E-state index in [4.69, 9.17) is 9.97 Å². The summed E-state index contributed by atoms with van der Waals surface area (Å²) in [6.07, 6.45) is 7.44. The fraction of sp³-hybridized carbons (Fsp3) is 0.478. The number of anilines is 1. The number of nitrogens with zero attached hydrogens (tertiary/aromatic N) is 3. The Labute approximate surface area is 170 Å². The molecule has 1 unspecified atom stereocenters. The van der Waals surface area contributed by atoms with Crippen molar-refractivity contribution < 1.29 is 9.50 Å². The maximum absolute atomic E-state index is 14.1. The molecule has 2 fully saturated rings. The maximum Gasteiger partial charge on any atom is 0.230 e. The van der Waals surface area contributed by atoms with E-state index < -0.39 is 5.82 Å². The summed E-state index contributed by atoms with van der Waals surface area (Å²) in [5, 5.41) is 13.1. The van der Waals surface area contributed by atoms with Crippen molar-refractivity contribution in [1.29, 1.82) is 0 Å². The molecule has 0 radical (unpaired) electrons. The first-order chi connectivity index (χ1) is 14.1. The van der Waals surface area contributed by atoms with Crippen LogP contribution in [0, 0.1) is 11.7 Å². The van der Waals surface area contributed by atoms with Gasteiger partial charge in [0.1, 0.15) is 0 Å². The van der Waals surface area contributed by atoms with E-state index in [1.165, 1.54) is 31.4 Å². The number of halogens is 1. The molecular formula is C23H27FN4O. The van der Waals surface area contributed by atoms with E-state index in [0.717, 1.165) is 61.4 Å². The van der Waals surface area contributed by atoms with Crippen molar-refractivity contribution >= 4 is 5.95 Å². The van der Waals surface area contributed by atoms with E-state index in [9.17, 15) is 9.50 Å². The van der Waals surface area contributed by atoms with E-state index in [2.05, 4.69) is 16.8 Å². The van der Waals surface area contributed by atoms with Gasteiger partial charge in [0, 0.05) is 35.8 Å². The Kier molecular flexibility index (Phi) is 4.74. The molecule has 5 rings (SSSR count). The summed E-state index contributed by atoms with van der Waals surface area (Å²) in [6.45, 7) is 6.06. The third-order valence-electron chi connectivity index (χ3n) is 6.41. The predicted molar refractivity (Wildman–Crippen MR) is 111 cm³/mol. The lowest BCUT2D eigenvalue weighted by Crippen LogP contribution is -2.40. The summed E-state index contributed by atoms with van der Waals surface area (Å²) in [7, 11) is 0. The van der Waals surface area contributed by atoms with Crippen LogP contribution in [-0.4, -0.2) is 34.2 Å². The molecule has 6 heteroatoms. The van der Waals surface area contributed by atoms with E-state index >= 15 is 0 Å². The minimum atomic E-state index is -0.624. The zero-order valence-corrected chi connectivity index (χ0v) is 16.6. The Morgan fingerprint density at radius 1 is 1.10 bits per heavy atom. The summed E-state index contributed by atoms with van der Waals surface area (Å²) >= 11 is 0. The number of allylic oxidation sites excluding steroid dienone is 1. The molecule has 2 aromatic rings. The van der Waals surface area contributed by atoms with E-state index in [1.807, 2.05) is 0 Å². The molecule has 29 heavy (non-hydrogen) atoms. The van der Waals surface area contributed by atoms with Gasteiger partial charge in [0.15, 0.2) is 11.6 Å². The number of nitrogens with one attached hydrogen (secondary N) is 1. The molecule has 1 aromatic carbocycles. The third kappa shape index (κ3) is 3.50. The molecule has 1 saturated heterocycles. The highest BCUT2D eigenvalue weighted by atomic mass is 19.1. The van der Waals surface area contributed by atoms with Gasteiger partial charge in [-0.2, -0.15) is 0 Å². The number of hydrogen-bond acceptors (Lipinski definition) is 5. The lowest BCUT2D eigenvalue weighted by molar-refractivity contribution is 0.432. The molecule has 1 atom stereocenters. The fourth-order valence-corrected chi connectivity index (χ4v) is 4.75. The van der Waals surface area contributed by atoms with Gasteiger partial charge in [-0.1, -0.05) is 6.58 Å². The van der Waals surface area contributed by atoms with Crippen molar-refractivity contribution in [2.75, 3.05) is 18.0 Å². The minimum absolute atomic E-state index is 0.339. The Hall–Kier alpha value is -2.47. The maximum atomic E-state index is 14.1. The standard InChI is InChI=1S/C23H27FN4O/c1-14-3-2-4-20(15-5-6-15)28(14)23-26-19-10-12-25-11-9-17(19)22(27-23)16-7-8-21(29)18(24)13-16/h7-8,13,15,20,25,29H,1-6,9-12H2. The third-order valence-corrected chi connectivity index (χ3v) is 6.41. The summed E-state index contributed by atoms with van der Waals surface area (Å²) in [5.74, 6) is 0.441. The van der Waals surface area contributed by atoms with Crippen LogP contribution in [0.1, 0.15) is 43.4 Å². The molecule has 2 N–H and O–H groups in total. The van der Waals surface area contributed by atoms with Crippen molar-refractivity contribution in [3.8, 4) is 17.0 Å². The van der Waals surface area contributed by atoms with Gasteiger partial charge < -0.3 is 15.3 Å². The number of piperidine rings is 1. The quantitative estimate of drug-likeness (QED) is 0.825. The molecule has 152 valence electrons. The summed E-state index contributed by atoms with van der Waals surface area (Å²) in [5.41, 5.74) is 4.67. The van der Waals surface area contributed by atoms with Crippen molar-refractivity contribution in [1.82, 2.24) is 15.3 Å². The van der Waals surface area contributed by atoms with Crippen molar-refractivity contribution in [3.05, 3.63) is 47.5 Å². The predicted octanol–water partition coefficient (Wildman–Crippen LogP) is 3.96. The summed E-state index contributed by atoms with van der Waals surface area (Å²) < 4.78 is 14.1. The number of hydrogen-bond donors (Lipinski definition) is 2. The minimum Gasteiger partial charge on any atom is -0.505 e. The van der Waals surface area contributed by atoms with Crippen LogP contribution in [0.4, 0.5) is 10.3 Å². The number of benzene rings is 1. The topological polar surface area (TPSA) is 61.3 Å². The van der Waals surface area contributed by atoms with Gasteiger partial charge in [-0.25, -0.2) is 14.4 Å². The lowest BCUT2D eigenvalue weighted by Gasteiger charge is -2.38. The first-order valence-corrected chi connectivity index (χ1v) is 10.7. The molecule has 1 aromatic heterocycles. The van der Waals surface area contributed by atoms with Crippen LogP contribution >= 0.6 is 0 Å². The van der Waals surface area contributed by atoms with Crippen LogP contribution in [0.15, 0.2) is 30.5 Å². The second kappa shape index (κ2) is 7.41. The van der Waals surface area contributed by atoms with E-state index in [-0.39, 0.29) is 5.75 Å². The number of aromatic hydroxyl groups is 1. The first-order valence-electron chi connectivity index (χ1n) is 10.7. The zero-order valence-electron chi connectivity index (χ0n) is 16.6. The normalized spacial score (nSPS) is 22.3. The fourth-order valence-electron chi connectivity index (χ4n) is 4.75. The van der Waals surface area contributed by atoms with Gasteiger partial charge in [-0.05, 0) is 69.2 Å². The van der Waals surface area contributed by atoms with E-state index in [1.54, 1.807) is 6.07 Å². The number of phenols is 1. The Bertz CT molecular complexity index is 956. The van der Waals surface area contributed by atoms with Gasteiger partial charge in [-0.15, -0.1) is 0 Å². The molecule has 5 nitrogen and oxygen atoms in total. The Balaban J connectivity index is 1.65. The average molecular weight is 394 g/mol. The smallest absolute Gasteiger partial charge is 0.230 e. The Morgan fingerprint density at radius 2 is 1.93 bits per heavy atom. The summed E-state index contributed by atoms with van der Waals surface area (Å²) in [4.78, 5) is 12.2. The molecular weight excluding hydrogens is 367 g/mol. The molecule has 1 aliphatic carbocycles. The lowest BCUT2D eigenvalue weighted by atomic mass is 9.96. The summed E-state index contributed by atoms with van der Waals surface area (Å²) in [6, 6.07) is 4.94. The highest BCUT2D eigenvalue weighted by molar-refractivity contribution is 5.67. The van der Waals surface area contributed by atoms with Gasteiger partial charge in [-0.3, -0.25) is 0 Å². The highest BCUT2D eigenvalue weighted by Gasteiger charge is 2.39. The monoisotopic (exact) mass is 394 g/mol. The molecule has 0 bridgehead atoms. The average Bonchev–Trinajstić information content (AvgIpc) is 3.56. The molecule has 0 amide bonds. The van der Waals surface area contributed by atoms with Crippen LogP contribution in [0.2, 0.25) is 0 Å². The molecule has 1 saturated carbocycles. The number of rotatable bonds is 3. The van der Waals surface area contributed by atoms with Gasteiger partial charge in [0.05, 0.1) is 11.4 Å². The number of fused-ring (bicyclic) bond motifs is 1. The van der Waals surface area contributed by atoms with Crippen molar-refractivity contribution in [2.24, 2.45) is 5.92 Å². The zero-order chi connectivity index (χ0) is 20.0. The number of aromatic nitrogens is 2. The van der Waals surface area contributed by atoms with Gasteiger partial charge in [0.25, 0.3) is 0 Å². The SMILES string of the molecule is C=C1CCCC(C2CC2)N1c1nc2c(c(-c3ccc(O)c(F)c3)n1)CCNCC2. The van der Waals surface area contributed by atoms with Crippen LogP contribution in [-0.2, 0) is 12.8 Å². The Morgan fingerprint density at radius 3 is 2.72 bits per heavy atom.